The van der Waals surface area contributed by atoms with Gasteiger partial charge in [0.2, 0.25) is 5.43 Å². The number of pyridine rings is 1. The number of carbonyl (C=O) groups excluding carboxylic acids is 2. The van der Waals surface area contributed by atoms with Crippen LogP contribution in [-0.4, -0.2) is 38.5 Å². The number of fused-ring (bicyclic) bond motifs is 1. The lowest BCUT2D eigenvalue weighted by atomic mass is 9.83. The van der Waals surface area contributed by atoms with Crippen molar-refractivity contribution >= 4 is 11.8 Å². The van der Waals surface area contributed by atoms with E-state index in [4.69, 9.17) is 0 Å². The normalized spacial score (nSPS) is 23.6. The predicted molar refractivity (Wildman–Crippen MR) is 96.3 cm³/mol. The van der Waals surface area contributed by atoms with Crippen molar-refractivity contribution in [2.45, 2.75) is 38.0 Å². The molecule has 4 aliphatic rings. The summed E-state index contributed by atoms with van der Waals surface area (Å²) in [5, 5.41) is 12.5. The lowest BCUT2D eigenvalue weighted by molar-refractivity contribution is 0.0632. The first kappa shape index (κ1) is 18.7. The van der Waals surface area contributed by atoms with Gasteiger partial charge in [-0.2, -0.15) is 0 Å². The molecule has 4 heterocycles. The highest BCUT2D eigenvalue weighted by Gasteiger charge is 2.55. The average Bonchev–Trinajstić information content (AvgIpc) is 3.18. The van der Waals surface area contributed by atoms with Crippen molar-refractivity contribution in [3.05, 3.63) is 62.8 Å². The summed E-state index contributed by atoms with van der Waals surface area (Å²) in [4.78, 5) is 39.5. The molecular weight excluding hydrogens is 403 g/mol. The number of nitrogens with one attached hydrogen (secondary N) is 1. The van der Waals surface area contributed by atoms with Gasteiger partial charge in [0.25, 0.3) is 11.8 Å². The Morgan fingerprint density at radius 2 is 1.83 bits per heavy atom. The van der Waals surface area contributed by atoms with Crippen LogP contribution in [0.2, 0.25) is 0 Å². The molecule has 0 radical (unpaired) electrons. The fourth-order valence-corrected chi connectivity index (χ4v) is 4.73. The Balaban J connectivity index is 1.44. The van der Waals surface area contributed by atoms with Crippen molar-refractivity contribution in [1.82, 2.24) is 14.8 Å². The first-order valence-electron chi connectivity index (χ1n) is 9.47. The molecule has 0 unspecified atom stereocenters. The Bertz CT molecular complexity index is 1150. The first-order chi connectivity index (χ1) is 14.3. The summed E-state index contributed by atoms with van der Waals surface area (Å²) in [5.41, 5.74) is -2.22. The molecule has 2 amide bonds. The lowest BCUT2D eigenvalue weighted by Crippen LogP contribution is -2.46. The highest BCUT2D eigenvalue weighted by Crippen LogP contribution is 2.49. The van der Waals surface area contributed by atoms with Crippen LogP contribution in [0.15, 0.2) is 23.1 Å². The molecule has 1 saturated carbocycles. The number of hydrogen-bond donors (Lipinski definition) is 2. The molecule has 2 bridgehead atoms. The molecule has 0 spiro atoms. The SMILES string of the molecule is O=C(NCc1c(F)cc(F)cc1F)c1cn2c(c(O)c1=O)C(=O)N1C3CC(C3)[C@H]1C2. The Hall–Kier alpha value is -3.30. The maximum atomic E-state index is 13.8. The summed E-state index contributed by atoms with van der Waals surface area (Å²) in [6.07, 6.45) is 2.96. The Labute approximate surface area is 167 Å². The molecule has 30 heavy (non-hydrogen) atoms. The predicted octanol–water partition coefficient (Wildman–Crippen LogP) is 1.52. The third kappa shape index (κ3) is 2.55. The zero-order valence-corrected chi connectivity index (χ0v) is 15.5. The third-order valence-corrected chi connectivity index (χ3v) is 6.30. The summed E-state index contributed by atoms with van der Waals surface area (Å²) < 4.78 is 41.9. The van der Waals surface area contributed by atoms with Crippen LogP contribution < -0.4 is 10.7 Å². The molecule has 3 aliphatic heterocycles. The van der Waals surface area contributed by atoms with Crippen molar-refractivity contribution in [3.8, 4) is 5.75 Å². The third-order valence-electron chi connectivity index (χ3n) is 6.30. The van der Waals surface area contributed by atoms with Gasteiger partial charge in [-0.05, 0) is 18.8 Å². The maximum Gasteiger partial charge on any atom is 0.275 e. The van der Waals surface area contributed by atoms with Crippen LogP contribution in [-0.2, 0) is 13.1 Å². The van der Waals surface area contributed by atoms with E-state index < -0.39 is 58.1 Å². The molecule has 1 atom stereocenters. The number of rotatable bonds is 3. The largest absolute Gasteiger partial charge is 0.503 e. The number of aromatic nitrogens is 1. The molecule has 156 valence electrons. The Kier molecular flexibility index (Phi) is 3.96. The summed E-state index contributed by atoms with van der Waals surface area (Å²) in [6.45, 7) is -0.282. The molecule has 2 aromatic rings. The highest BCUT2D eigenvalue weighted by molar-refractivity contribution is 5.99. The van der Waals surface area contributed by atoms with Gasteiger partial charge < -0.3 is 19.9 Å². The second-order valence-electron chi connectivity index (χ2n) is 7.92. The van der Waals surface area contributed by atoms with E-state index in [9.17, 15) is 32.7 Å². The summed E-state index contributed by atoms with van der Waals surface area (Å²) in [7, 11) is 0. The van der Waals surface area contributed by atoms with Crippen LogP contribution in [0.5, 0.6) is 5.75 Å². The van der Waals surface area contributed by atoms with Gasteiger partial charge in [-0.15, -0.1) is 0 Å². The number of aromatic hydroxyl groups is 1. The van der Waals surface area contributed by atoms with Gasteiger partial charge in [0.05, 0.1) is 6.04 Å². The van der Waals surface area contributed by atoms with Gasteiger partial charge in [0.15, 0.2) is 11.4 Å². The molecule has 10 heteroatoms. The van der Waals surface area contributed by atoms with Crippen molar-refractivity contribution < 1.29 is 27.9 Å². The number of halogens is 3. The standard InChI is InChI=1S/C20H16F3N3O4/c21-9-3-13(22)11(14(23)4-9)5-24-19(29)12-6-25-7-15-8-1-10(2-8)26(15)20(30)16(25)18(28)17(12)27/h3-4,6,8,10,15,28H,1-2,5,7H2,(H,24,29)/t8?,10?,15-/m1/s1. The van der Waals surface area contributed by atoms with Crippen LogP contribution in [0.3, 0.4) is 0 Å². The van der Waals surface area contributed by atoms with Crippen LogP contribution >= 0.6 is 0 Å². The van der Waals surface area contributed by atoms with E-state index in [2.05, 4.69) is 5.32 Å². The molecule has 3 fully saturated rings. The maximum absolute atomic E-state index is 13.8. The second-order valence-corrected chi connectivity index (χ2v) is 7.92. The van der Waals surface area contributed by atoms with Gasteiger partial charge in [-0.25, -0.2) is 13.2 Å². The monoisotopic (exact) mass is 419 g/mol. The summed E-state index contributed by atoms with van der Waals surface area (Å²) in [6, 6.07) is 1.04. The zero-order valence-electron chi connectivity index (χ0n) is 15.5. The van der Waals surface area contributed by atoms with E-state index in [1.54, 1.807) is 4.90 Å². The average molecular weight is 419 g/mol. The molecule has 1 aromatic heterocycles. The summed E-state index contributed by atoms with van der Waals surface area (Å²) in [5.74, 6) is -5.33. The van der Waals surface area contributed by atoms with Crippen LogP contribution in [0.4, 0.5) is 13.2 Å². The first-order valence-corrected chi connectivity index (χ1v) is 9.47. The number of benzene rings is 1. The minimum atomic E-state index is -1.18. The van der Waals surface area contributed by atoms with Gasteiger partial charge in [-0.1, -0.05) is 0 Å². The molecule has 2 saturated heterocycles. The van der Waals surface area contributed by atoms with Crippen LogP contribution in [0.25, 0.3) is 0 Å². The van der Waals surface area contributed by atoms with Crippen LogP contribution in [0.1, 0.15) is 39.3 Å². The number of amides is 2. The smallest absolute Gasteiger partial charge is 0.275 e. The van der Waals surface area contributed by atoms with E-state index in [0.29, 0.717) is 24.6 Å². The van der Waals surface area contributed by atoms with Gasteiger partial charge in [0, 0.05) is 43.0 Å². The molecule has 2 N–H and O–H groups in total. The minimum Gasteiger partial charge on any atom is -0.503 e. The fraction of sp³-hybridized carbons (Fsp3) is 0.350. The highest BCUT2D eigenvalue weighted by atomic mass is 19.1. The van der Waals surface area contributed by atoms with E-state index in [1.807, 2.05) is 0 Å². The Morgan fingerprint density at radius 3 is 2.50 bits per heavy atom. The topological polar surface area (TPSA) is 91.6 Å². The van der Waals surface area contributed by atoms with Crippen molar-refractivity contribution in [2.75, 3.05) is 0 Å². The fourth-order valence-electron chi connectivity index (χ4n) is 4.73. The van der Waals surface area contributed by atoms with E-state index in [0.717, 1.165) is 12.8 Å². The molecule has 1 aromatic carbocycles. The van der Waals surface area contributed by atoms with Gasteiger partial charge in [0.1, 0.15) is 23.0 Å². The summed E-state index contributed by atoms with van der Waals surface area (Å²) >= 11 is 0. The van der Waals surface area contributed by atoms with Gasteiger partial charge in [-0.3, -0.25) is 14.4 Å². The van der Waals surface area contributed by atoms with Crippen molar-refractivity contribution in [3.63, 3.8) is 0 Å². The molecule has 6 rings (SSSR count). The molecule has 1 aliphatic carbocycles. The molecular formula is C20H16F3N3O4. The minimum absolute atomic E-state index is 0.0461. The second kappa shape index (κ2) is 6.35. The van der Waals surface area contributed by atoms with Crippen molar-refractivity contribution in [2.24, 2.45) is 5.92 Å². The van der Waals surface area contributed by atoms with Crippen molar-refractivity contribution in [1.29, 1.82) is 0 Å². The Morgan fingerprint density at radius 1 is 1.17 bits per heavy atom. The number of hydrogen-bond acceptors (Lipinski definition) is 4. The molecule has 7 nitrogen and oxygen atoms in total. The van der Waals surface area contributed by atoms with E-state index in [1.165, 1.54) is 10.8 Å². The zero-order chi connectivity index (χ0) is 21.3. The van der Waals surface area contributed by atoms with E-state index in [-0.39, 0.29) is 17.8 Å². The van der Waals surface area contributed by atoms with Gasteiger partial charge >= 0.3 is 0 Å². The van der Waals surface area contributed by atoms with E-state index >= 15 is 0 Å². The number of nitrogens with zero attached hydrogens (tertiary/aromatic N) is 2. The number of carbonyl (C=O) groups is 2. The quantitative estimate of drug-likeness (QED) is 0.789. The van der Waals surface area contributed by atoms with Crippen LogP contribution in [0, 0.1) is 23.4 Å². The lowest BCUT2D eigenvalue weighted by Gasteiger charge is -2.33.